The summed E-state index contributed by atoms with van der Waals surface area (Å²) >= 11 is 0. The molecule has 1 heterocycles. The second kappa shape index (κ2) is 12.5. The van der Waals surface area contributed by atoms with Gasteiger partial charge in [0.1, 0.15) is 0 Å². The highest BCUT2D eigenvalue weighted by atomic mass is 127. The van der Waals surface area contributed by atoms with Gasteiger partial charge in [0, 0.05) is 32.8 Å². The summed E-state index contributed by atoms with van der Waals surface area (Å²) in [4.78, 5) is 7.19. The highest BCUT2D eigenvalue weighted by Gasteiger charge is 2.23. The Labute approximate surface area is 163 Å². The predicted molar refractivity (Wildman–Crippen MR) is 111 cm³/mol. The van der Waals surface area contributed by atoms with Crippen molar-refractivity contribution in [2.45, 2.75) is 32.4 Å². The third kappa shape index (κ3) is 7.36. The molecule has 1 aromatic carbocycles. The Hall–Kier alpha value is -0.860. The number of nitrogens with one attached hydrogen (secondary N) is 2. The monoisotopic (exact) mass is 446 g/mol. The van der Waals surface area contributed by atoms with Gasteiger partial charge in [-0.2, -0.15) is 0 Å². The van der Waals surface area contributed by atoms with Crippen LogP contribution in [0.3, 0.4) is 0 Å². The molecule has 1 saturated heterocycles. The van der Waals surface area contributed by atoms with Crippen molar-refractivity contribution in [1.29, 1.82) is 0 Å². The van der Waals surface area contributed by atoms with Crippen molar-refractivity contribution >= 4 is 29.9 Å². The summed E-state index contributed by atoms with van der Waals surface area (Å²) in [6.07, 6.45) is 2.52. The molecular weight excluding hydrogens is 415 g/mol. The number of aliphatic imine (C=N–C) groups is 1. The number of nitrogens with zero attached hydrogens (tertiary/aromatic N) is 2. The molecule has 1 unspecified atom stereocenters. The number of rotatable bonds is 8. The number of hydrogen-bond donors (Lipinski definition) is 2. The molecule has 2 N–H and O–H groups in total. The Bertz CT molecular complexity index is 469. The van der Waals surface area contributed by atoms with Gasteiger partial charge in [-0.25, -0.2) is 4.99 Å². The molecule has 0 saturated carbocycles. The fourth-order valence-electron chi connectivity index (χ4n) is 2.94. The molecule has 2 rings (SSSR count). The van der Waals surface area contributed by atoms with Crippen LogP contribution < -0.4 is 10.6 Å². The van der Waals surface area contributed by atoms with E-state index in [-0.39, 0.29) is 24.0 Å². The zero-order valence-electron chi connectivity index (χ0n) is 14.8. The molecule has 1 atom stereocenters. The Kier molecular flexibility index (Phi) is 11.0. The van der Waals surface area contributed by atoms with Gasteiger partial charge in [0.25, 0.3) is 0 Å². The lowest BCUT2D eigenvalue weighted by Crippen LogP contribution is -2.45. The lowest BCUT2D eigenvalue weighted by Gasteiger charge is -2.25. The van der Waals surface area contributed by atoms with E-state index < -0.39 is 0 Å². The normalized spacial score (nSPS) is 18.2. The molecule has 0 bridgehead atoms. The maximum absolute atomic E-state index is 5.21. The highest BCUT2D eigenvalue weighted by molar-refractivity contribution is 14.0. The Morgan fingerprint density at radius 1 is 1.29 bits per heavy atom. The Morgan fingerprint density at radius 3 is 2.79 bits per heavy atom. The number of hydrogen-bond acceptors (Lipinski definition) is 3. The summed E-state index contributed by atoms with van der Waals surface area (Å²) < 4.78 is 5.21. The number of likely N-dealkylation sites (tertiary alicyclic amines) is 1. The highest BCUT2D eigenvalue weighted by Crippen LogP contribution is 2.15. The van der Waals surface area contributed by atoms with Crippen LogP contribution in [0.5, 0.6) is 0 Å². The third-order valence-electron chi connectivity index (χ3n) is 4.19. The van der Waals surface area contributed by atoms with Gasteiger partial charge in [-0.05, 0) is 31.9 Å². The minimum Gasteiger partial charge on any atom is -0.383 e. The molecule has 0 amide bonds. The molecule has 1 aromatic rings. The second-order valence-corrected chi connectivity index (χ2v) is 5.89. The maximum Gasteiger partial charge on any atom is 0.191 e. The van der Waals surface area contributed by atoms with Crippen LogP contribution in [0.4, 0.5) is 0 Å². The SMILES string of the molecule is CCNC(=NCc1ccccc1)NCC1CCCN1CCOC.I. The van der Waals surface area contributed by atoms with Gasteiger partial charge >= 0.3 is 0 Å². The third-order valence-corrected chi connectivity index (χ3v) is 4.19. The van der Waals surface area contributed by atoms with Crippen LogP contribution in [0.25, 0.3) is 0 Å². The first kappa shape index (κ1) is 21.2. The van der Waals surface area contributed by atoms with Crippen LogP contribution in [0.15, 0.2) is 35.3 Å². The molecule has 0 aliphatic carbocycles. The predicted octanol–water partition coefficient (Wildman–Crippen LogP) is 2.47. The van der Waals surface area contributed by atoms with E-state index >= 15 is 0 Å². The van der Waals surface area contributed by atoms with Gasteiger partial charge in [-0.1, -0.05) is 30.3 Å². The number of ether oxygens (including phenoxy) is 1. The summed E-state index contributed by atoms with van der Waals surface area (Å²) in [6, 6.07) is 10.9. The van der Waals surface area contributed by atoms with E-state index in [9.17, 15) is 0 Å². The smallest absolute Gasteiger partial charge is 0.191 e. The van der Waals surface area contributed by atoms with Crippen molar-refractivity contribution < 1.29 is 4.74 Å². The lowest BCUT2D eigenvalue weighted by atomic mass is 10.2. The molecular formula is C18H31IN4O. The van der Waals surface area contributed by atoms with Crippen molar-refractivity contribution in [3.05, 3.63) is 35.9 Å². The van der Waals surface area contributed by atoms with E-state index in [1.165, 1.54) is 24.9 Å². The molecule has 1 aliphatic heterocycles. The molecule has 5 nitrogen and oxygen atoms in total. The first-order valence-electron chi connectivity index (χ1n) is 8.62. The van der Waals surface area contributed by atoms with E-state index in [0.717, 1.165) is 32.2 Å². The van der Waals surface area contributed by atoms with Crippen molar-refractivity contribution in [2.75, 3.05) is 39.9 Å². The Morgan fingerprint density at radius 2 is 2.08 bits per heavy atom. The fourth-order valence-corrected chi connectivity index (χ4v) is 2.94. The van der Waals surface area contributed by atoms with E-state index in [2.05, 4.69) is 51.7 Å². The second-order valence-electron chi connectivity index (χ2n) is 5.89. The van der Waals surface area contributed by atoms with Gasteiger partial charge < -0.3 is 15.4 Å². The number of halogens is 1. The largest absolute Gasteiger partial charge is 0.383 e. The molecule has 0 aromatic heterocycles. The van der Waals surface area contributed by atoms with Crippen LogP contribution in [-0.2, 0) is 11.3 Å². The minimum absolute atomic E-state index is 0. The van der Waals surface area contributed by atoms with Gasteiger partial charge in [0.15, 0.2) is 5.96 Å². The lowest BCUT2D eigenvalue weighted by molar-refractivity contribution is 0.141. The molecule has 1 aliphatic rings. The zero-order chi connectivity index (χ0) is 16.3. The zero-order valence-corrected chi connectivity index (χ0v) is 17.2. The van der Waals surface area contributed by atoms with Crippen molar-refractivity contribution in [3.63, 3.8) is 0 Å². The molecule has 24 heavy (non-hydrogen) atoms. The van der Waals surface area contributed by atoms with Crippen LogP contribution in [0, 0.1) is 0 Å². The van der Waals surface area contributed by atoms with Gasteiger partial charge in [0.05, 0.1) is 13.2 Å². The fraction of sp³-hybridized carbons (Fsp3) is 0.611. The quantitative estimate of drug-likeness (QED) is 0.366. The standard InChI is InChI=1S/C18H30N4O.HI/c1-3-19-18(20-14-16-8-5-4-6-9-16)21-15-17-10-7-11-22(17)12-13-23-2;/h4-6,8-9,17H,3,7,10-15H2,1-2H3,(H2,19,20,21);1H. The average Bonchev–Trinajstić information content (AvgIpc) is 3.04. The Balaban J connectivity index is 0.00000288. The van der Waals surface area contributed by atoms with Crippen LogP contribution in [0.2, 0.25) is 0 Å². The van der Waals surface area contributed by atoms with Crippen molar-refractivity contribution in [2.24, 2.45) is 4.99 Å². The summed E-state index contributed by atoms with van der Waals surface area (Å²) in [5, 5.41) is 6.83. The average molecular weight is 446 g/mol. The topological polar surface area (TPSA) is 48.9 Å². The summed E-state index contributed by atoms with van der Waals surface area (Å²) in [5.74, 6) is 0.898. The van der Waals surface area contributed by atoms with Crippen LogP contribution in [-0.4, -0.2) is 56.8 Å². The summed E-state index contributed by atoms with van der Waals surface area (Å²) in [6.45, 7) is 7.60. The number of guanidine groups is 1. The van der Waals surface area contributed by atoms with Gasteiger partial charge in [-0.3, -0.25) is 4.90 Å². The van der Waals surface area contributed by atoms with Crippen molar-refractivity contribution in [3.8, 4) is 0 Å². The molecule has 6 heteroatoms. The number of methoxy groups -OCH3 is 1. The maximum atomic E-state index is 5.21. The summed E-state index contributed by atoms with van der Waals surface area (Å²) in [5.41, 5.74) is 1.23. The van der Waals surface area contributed by atoms with Gasteiger partial charge in [0.2, 0.25) is 0 Å². The molecule has 1 fully saturated rings. The molecule has 136 valence electrons. The van der Waals surface area contributed by atoms with E-state index in [1.54, 1.807) is 7.11 Å². The van der Waals surface area contributed by atoms with Crippen molar-refractivity contribution in [1.82, 2.24) is 15.5 Å². The molecule has 0 radical (unpaired) electrons. The van der Waals surface area contributed by atoms with E-state index in [1.807, 2.05) is 6.07 Å². The van der Waals surface area contributed by atoms with Crippen LogP contribution in [0.1, 0.15) is 25.3 Å². The minimum atomic E-state index is 0. The number of benzene rings is 1. The summed E-state index contributed by atoms with van der Waals surface area (Å²) in [7, 11) is 1.77. The molecule has 0 spiro atoms. The first-order valence-corrected chi connectivity index (χ1v) is 8.62. The first-order chi connectivity index (χ1) is 11.3. The van der Waals surface area contributed by atoms with Gasteiger partial charge in [-0.15, -0.1) is 24.0 Å². The van der Waals surface area contributed by atoms with E-state index in [4.69, 9.17) is 4.74 Å². The van der Waals surface area contributed by atoms with E-state index in [0.29, 0.717) is 12.6 Å². The van der Waals surface area contributed by atoms with Crippen LogP contribution >= 0.6 is 24.0 Å².